The minimum Gasteiger partial charge on any atom is -0.382 e. The van der Waals surface area contributed by atoms with Crippen LogP contribution in [0.5, 0.6) is 0 Å². The Labute approximate surface area is 96.4 Å². The Morgan fingerprint density at radius 3 is 2.93 bits per heavy atom. The molecule has 1 aromatic heterocycles. The van der Waals surface area contributed by atoms with Crippen LogP contribution < -0.4 is 0 Å². The molecule has 0 saturated carbocycles. The largest absolute Gasteiger partial charge is 0.382 e. The van der Waals surface area contributed by atoms with E-state index in [0.717, 1.165) is 15.8 Å². The van der Waals surface area contributed by atoms with Gasteiger partial charge in [-0.1, -0.05) is 0 Å². The minimum atomic E-state index is 0.151. The molecule has 0 radical (unpaired) electrons. The Hall–Kier alpha value is -0.190. The van der Waals surface area contributed by atoms with Crippen molar-refractivity contribution in [2.24, 2.45) is 0 Å². The second-order valence-corrected chi connectivity index (χ2v) is 4.88. The number of halogens is 1. The standard InChI is InChI=1S/C10H13BrO2S/c1-7(13-2)3-4-9(12)10-8(11)5-6-14-10/h5-7H,3-4H2,1-2H3. The minimum absolute atomic E-state index is 0.151. The Bertz CT molecular complexity index is 309. The Kier molecular flexibility index (Phi) is 4.78. The lowest BCUT2D eigenvalue weighted by molar-refractivity contribution is 0.0880. The summed E-state index contributed by atoms with van der Waals surface area (Å²) in [6.07, 6.45) is 1.48. The maximum Gasteiger partial charge on any atom is 0.174 e. The van der Waals surface area contributed by atoms with E-state index in [4.69, 9.17) is 4.74 Å². The van der Waals surface area contributed by atoms with Crippen LogP contribution in [-0.4, -0.2) is 19.0 Å². The van der Waals surface area contributed by atoms with E-state index in [1.54, 1.807) is 7.11 Å². The zero-order valence-corrected chi connectivity index (χ0v) is 10.7. The summed E-state index contributed by atoms with van der Waals surface area (Å²) in [7, 11) is 1.66. The van der Waals surface area contributed by atoms with Crippen molar-refractivity contribution in [2.75, 3.05) is 7.11 Å². The number of methoxy groups -OCH3 is 1. The molecule has 1 heterocycles. The Morgan fingerprint density at radius 2 is 2.43 bits per heavy atom. The van der Waals surface area contributed by atoms with Gasteiger partial charge >= 0.3 is 0 Å². The molecule has 1 atom stereocenters. The van der Waals surface area contributed by atoms with Crippen LogP contribution in [0.15, 0.2) is 15.9 Å². The highest BCUT2D eigenvalue weighted by atomic mass is 79.9. The molecular formula is C10H13BrO2S. The first-order valence-corrected chi connectivity index (χ1v) is 6.11. The molecule has 0 fully saturated rings. The predicted molar refractivity (Wildman–Crippen MR) is 62.1 cm³/mol. The average molecular weight is 277 g/mol. The smallest absolute Gasteiger partial charge is 0.174 e. The zero-order chi connectivity index (χ0) is 10.6. The van der Waals surface area contributed by atoms with Crippen LogP contribution >= 0.6 is 27.3 Å². The van der Waals surface area contributed by atoms with Crippen molar-refractivity contribution in [3.05, 3.63) is 20.8 Å². The summed E-state index contributed by atoms with van der Waals surface area (Å²) in [5.74, 6) is 0.191. The van der Waals surface area contributed by atoms with Gasteiger partial charge in [0.15, 0.2) is 5.78 Å². The van der Waals surface area contributed by atoms with Crippen LogP contribution in [0.1, 0.15) is 29.4 Å². The SMILES string of the molecule is COC(C)CCC(=O)c1sccc1Br. The quantitative estimate of drug-likeness (QED) is 0.770. The first-order valence-electron chi connectivity index (χ1n) is 4.44. The summed E-state index contributed by atoms with van der Waals surface area (Å²) in [5.41, 5.74) is 0. The van der Waals surface area contributed by atoms with Crippen molar-refractivity contribution in [1.82, 2.24) is 0 Å². The molecule has 0 aromatic carbocycles. The Balaban J connectivity index is 2.47. The number of thiophene rings is 1. The van der Waals surface area contributed by atoms with Crippen molar-refractivity contribution in [2.45, 2.75) is 25.9 Å². The first-order chi connectivity index (χ1) is 6.65. The number of carbonyl (C=O) groups excluding carboxylic acids is 1. The molecule has 2 nitrogen and oxygen atoms in total. The molecular weight excluding hydrogens is 264 g/mol. The molecule has 0 spiro atoms. The van der Waals surface area contributed by atoms with E-state index in [2.05, 4.69) is 15.9 Å². The summed E-state index contributed by atoms with van der Waals surface area (Å²) in [4.78, 5) is 12.5. The third-order valence-corrected chi connectivity index (χ3v) is 3.93. The normalized spacial score (nSPS) is 12.8. The van der Waals surface area contributed by atoms with Gasteiger partial charge < -0.3 is 4.74 Å². The van der Waals surface area contributed by atoms with Gasteiger partial charge in [0, 0.05) is 18.0 Å². The van der Waals surface area contributed by atoms with Crippen molar-refractivity contribution in [3.63, 3.8) is 0 Å². The zero-order valence-electron chi connectivity index (χ0n) is 8.25. The van der Waals surface area contributed by atoms with Crippen molar-refractivity contribution in [1.29, 1.82) is 0 Å². The number of carbonyl (C=O) groups is 1. The topological polar surface area (TPSA) is 26.3 Å². The molecule has 0 saturated heterocycles. The van der Waals surface area contributed by atoms with Crippen LogP contribution in [0.2, 0.25) is 0 Å². The summed E-state index contributed by atoms with van der Waals surface area (Å²) < 4.78 is 5.99. The van der Waals surface area contributed by atoms with Crippen LogP contribution in [0.3, 0.4) is 0 Å². The molecule has 0 aliphatic heterocycles. The third-order valence-electron chi connectivity index (χ3n) is 2.05. The molecule has 78 valence electrons. The molecule has 0 aliphatic rings. The van der Waals surface area contributed by atoms with Gasteiger partial charge in [0.1, 0.15) is 0 Å². The molecule has 0 amide bonds. The summed E-state index contributed by atoms with van der Waals surface area (Å²) >= 11 is 4.83. The molecule has 0 bridgehead atoms. The van der Waals surface area contributed by atoms with Gasteiger partial charge in [-0.15, -0.1) is 11.3 Å². The van der Waals surface area contributed by atoms with Gasteiger partial charge in [-0.05, 0) is 40.7 Å². The third kappa shape index (κ3) is 3.19. The fourth-order valence-electron chi connectivity index (χ4n) is 1.06. The lowest BCUT2D eigenvalue weighted by Gasteiger charge is -2.07. The molecule has 1 unspecified atom stereocenters. The van der Waals surface area contributed by atoms with Crippen molar-refractivity contribution in [3.8, 4) is 0 Å². The van der Waals surface area contributed by atoms with Crippen LogP contribution in [-0.2, 0) is 4.74 Å². The van der Waals surface area contributed by atoms with Gasteiger partial charge in [-0.25, -0.2) is 0 Å². The second kappa shape index (κ2) is 5.63. The van der Waals surface area contributed by atoms with E-state index in [-0.39, 0.29) is 11.9 Å². The molecule has 1 aromatic rings. The van der Waals surface area contributed by atoms with Crippen LogP contribution in [0.4, 0.5) is 0 Å². The monoisotopic (exact) mass is 276 g/mol. The summed E-state index contributed by atoms with van der Waals surface area (Å²) in [6.45, 7) is 1.97. The number of rotatable bonds is 5. The van der Waals surface area contributed by atoms with E-state index >= 15 is 0 Å². The highest BCUT2D eigenvalue weighted by Crippen LogP contribution is 2.24. The number of hydrogen-bond acceptors (Lipinski definition) is 3. The molecule has 0 N–H and O–H groups in total. The van der Waals surface area contributed by atoms with E-state index in [9.17, 15) is 4.79 Å². The number of ketones is 1. The van der Waals surface area contributed by atoms with Gasteiger partial charge in [-0.2, -0.15) is 0 Å². The fourth-order valence-corrected chi connectivity index (χ4v) is 2.62. The summed E-state index contributed by atoms with van der Waals surface area (Å²) in [5, 5.41) is 1.91. The van der Waals surface area contributed by atoms with E-state index in [0.29, 0.717) is 6.42 Å². The maximum absolute atomic E-state index is 11.7. The molecule has 4 heteroatoms. The van der Waals surface area contributed by atoms with E-state index in [1.807, 2.05) is 18.4 Å². The van der Waals surface area contributed by atoms with Crippen molar-refractivity contribution < 1.29 is 9.53 Å². The van der Waals surface area contributed by atoms with Crippen LogP contribution in [0, 0.1) is 0 Å². The molecule has 1 rings (SSSR count). The first kappa shape index (κ1) is 11.9. The number of ether oxygens (including phenoxy) is 1. The summed E-state index contributed by atoms with van der Waals surface area (Å²) in [6, 6.07) is 1.90. The van der Waals surface area contributed by atoms with Gasteiger partial charge in [0.05, 0.1) is 11.0 Å². The highest BCUT2D eigenvalue weighted by molar-refractivity contribution is 9.10. The van der Waals surface area contributed by atoms with Gasteiger partial charge in [0.2, 0.25) is 0 Å². The fraction of sp³-hybridized carbons (Fsp3) is 0.500. The van der Waals surface area contributed by atoms with Crippen LogP contribution in [0.25, 0.3) is 0 Å². The van der Waals surface area contributed by atoms with E-state index < -0.39 is 0 Å². The maximum atomic E-state index is 11.7. The Morgan fingerprint density at radius 1 is 1.71 bits per heavy atom. The number of Topliss-reactive ketones (excluding diaryl/α,β-unsaturated/α-hetero) is 1. The predicted octanol–water partition coefficient (Wildman–Crippen LogP) is 3.51. The highest BCUT2D eigenvalue weighted by Gasteiger charge is 2.12. The van der Waals surface area contributed by atoms with E-state index in [1.165, 1.54) is 11.3 Å². The van der Waals surface area contributed by atoms with Gasteiger partial charge in [0.25, 0.3) is 0 Å². The van der Waals surface area contributed by atoms with Gasteiger partial charge in [-0.3, -0.25) is 4.79 Å². The van der Waals surface area contributed by atoms with Crippen molar-refractivity contribution >= 4 is 33.0 Å². The molecule has 14 heavy (non-hydrogen) atoms. The lowest BCUT2D eigenvalue weighted by atomic mass is 10.1. The molecule has 0 aliphatic carbocycles. The average Bonchev–Trinajstić information content (AvgIpc) is 2.60. The lowest BCUT2D eigenvalue weighted by Crippen LogP contribution is -2.08. The second-order valence-electron chi connectivity index (χ2n) is 3.11. The number of hydrogen-bond donors (Lipinski definition) is 0.